The molecule has 0 aromatic carbocycles. The van der Waals surface area contributed by atoms with Crippen LogP contribution in [-0.2, 0) is 20.1 Å². The van der Waals surface area contributed by atoms with E-state index in [9.17, 15) is 0 Å². The SMILES string of the molecule is CN=C(NCc1ccc(-n2nc(C)cc2C)nc1)N(C)Cc1cn(C)nc1C(C)C. The maximum Gasteiger partial charge on any atom is 0.193 e. The van der Waals surface area contributed by atoms with Crippen molar-refractivity contribution < 1.29 is 0 Å². The Kier molecular flexibility index (Phi) is 6.54. The summed E-state index contributed by atoms with van der Waals surface area (Å²) in [6, 6.07) is 6.11. The Labute approximate surface area is 178 Å². The minimum atomic E-state index is 0.386. The predicted molar refractivity (Wildman–Crippen MR) is 120 cm³/mol. The fourth-order valence-corrected chi connectivity index (χ4v) is 3.57. The zero-order valence-electron chi connectivity index (χ0n) is 19.0. The number of aliphatic imine (C=N–C) groups is 1. The Morgan fingerprint density at radius 2 is 2.00 bits per heavy atom. The minimum absolute atomic E-state index is 0.386. The van der Waals surface area contributed by atoms with E-state index in [0.29, 0.717) is 12.5 Å². The van der Waals surface area contributed by atoms with Gasteiger partial charge in [-0.25, -0.2) is 9.67 Å². The van der Waals surface area contributed by atoms with Crippen molar-refractivity contribution in [3.8, 4) is 5.82 Å². The van der Waals surface area contributed by atoms with Gasteiger partial charge in [0.2, 0.25) is 0 Å². The van der Waals surface area contributed by atoms with Crippen molar-refractivity contribution in [2.24, 2.45) is 12.0 Å². The molecule has 160 valence electrons. The van der Waals surface area contributed by atoms with Gasteiger partial charge in [0.15, 0.2) is 11.8 Å². The van der Waals surface area contributed by atoms with Crippen LogP contribution in [-0.4, -0.2) is 49.5 Å². The molecule has 0 spiro atoms. The van der Waals surface area contributed by atoms with Gasteiger partial charge < -0.3 is 10.2 Å². The monoisotopic (exact) mass is 408 g/mol. The number of pyridine rings is 1. The largest absolute Gasteiger partial charge is 0.352 e. The van der Waals surface area contributed by atoms with Crippen LogP contribution in [0.5, 0.6) is 0 Å². The highest BCUT2D eigenvalue weighted by Crippen LogP contribution is 2.18. The van der Waals surface area contributed by atoms with Crippen LogP contribution in [0, 0.1) is 13.8 Å². The van der Waals surface area contributed by atoms with Gasteiger partial charge in [0.1, 0.15) is 0 Å². The van der Waals surface area contributed by atoms with Gasteiger partial charge in [-0.3, -0.25) is 9.67 Å². The van der Waals surface area contributed by atoms with Gasteiger partial charge in [-0.2, -0.15) is 10.2 Å². The zero-order valence-corrected chi connectivity index (χ0v) is 19.0. The first-order valence-corrected chi connectivity index (χ1v) is 10.2. The van der Waals surface area contributed by atoms with Gasteiger partial charge in [0, 0.05) is 57.9 Å². The van der Waals surface area contributed by atoms with Gasteiger partial charge in [-0.05, 0) is 37.5 Å². The molecule has 3 aromatic rings. The molecule has 8 heteroatoms. The Bertz CT molecular complexity index is 1010. The standard InChI is InChI=1S/C22H32N8/c1-15(2)21-19(14-29(7)27-21)13-28(6)22(23-5)25-12-18-8-9-20(24-11-18)30-17(4)10-16(3)26-30/h8-11,14-15H,12-13H2,1-7H3,(H,23,25). The van der Waals surface area contributed by atoms with Crippen molar-refractivity contribution in [2.75, 3.05) is 14.1 Å². The molecule has 0 saturated heterocycles. The normalized spacial score (nSPS) is 11.9. The molecule has 8 nitrogen and oxygen atoms in total. The van der Waals surface area contributed by atoms with E-state index in [-0.39, 0.29) is 0 Å². The summed E-state index contributed by atoms with van der Waals surface area (Å²) in [7, 11) is 5.80. The van der Waals surface area contributed by atoms with Crippen LogP contribution in [0.15, 0.2) is 35.6 Å². The van der Waals surface area contributed by atoms with Crippen LogP contribution >= 0.6 is 0 Å². The molecule has 0 radical (unpaired) electrons. The number of hydrogen-bond acceptors (Lipinski definition) is 4. The summed E-state index contributed by atoms with van der Waals surface area (Å²) in [6.45, 7) is 9.74. The molecule has 0 amide bonds. The summed E-state index contributed by atoms with van der Waals surface area (Å²) in [4.78, 5) is 11.1. The second-order valence-corrected chi connectivity index (χ2v) is 7.99. The van der Waals surface area contributed by atoms with Crippen LogP contribution < -0.4 is 5.32 Å². The molecular weight excluding hydrogens is 376 g/mol. The van der Waals surface area contributed by atoms with E-state index in [1.807, 2.05) is 55.6 Å². The molecule has 0 atom stereocenters. The quantitative estimate of drug-likeness (QED) is 0.501. The molecule has 1 N–H and O–H groups in total. The third-order valence-electron chi connectivity index (χ3n) is 4.95. The van der Waals surface area contributed by atoms with Gasteiger partial charge in [0.05, 0.1) is 11.4 Å². The molecule has 0 saturated carbocycles. The van der Waals surface area contributed by atoms with Crippen molar-refractivity contribution in [3.05, 3.63) is 58.8 Å². The smallest absolute Gasteiger partial charge is 0.193 e. The molecule has 3 rings (SSSR count). The topological polar surface area (TPSA) is 76.2 Å². The third-order valence-corrected chi connectivity index (χ3v) is 4.95. The van der Waals surface area contributed by atoms with Crippen molar-refractivity contribution in [3.63, 3.8) is 0 Å². The molecule has 0 aliphatic carbocycles. The van der Waals surface area contributed by atoms with Gasteiger partial charge >= 0.3 is 0 Å². The van der Waals surface area contributed by atoms with E-state index in [1.54, 1.807) is 7.05 Å². The molecule has 0 fully saturated rings. The molecule has 3 heterocycles. The average Bonchev–Trinajstić information content (AvgIpc) is 3.23. The summed E-state index contributed by atoms with van der Waals surface area (Å²) < 4.78 is 3.74. The lowest BCUT2D eigenvalue weighted by Gasteiger charge is -2.22. The molecule has 0 aliphatic rings. The van der Waals surface area contributed by atoms with E-state index < -0.39 is 0 Å². The summed E-state index contributed by atoms with van der Waals surface area (Å²) in [6.07, 6.45) is 3.96. The number of aromatic nitrogens is 5. The van der Waals surface area contributed by atoms with E-state index in [0.717, 1.165) is 41.0 Å². The van der Waals surface area contributed by atoms with Crippen LogP contribution in [0.25, 0.3) is 5.82 Å². The Hall–Kier alpha value is -3.16. The van der Waals surface area contributed by atoms with Crippen LogP contribution in [0.2, 0.25) is 0 Å². The fourth-order valence-electron chi connectivity index (χ4n) is 3.57. The van der Waals surface area contributed by atoms with E-state index in [1.165, 1.54) is 5.56 Å². The van der Waals surface area contributed by atoms with Gasteiger partial charge in [0.25, 0.3) is 0 Å². The number of guanidine groups is 1. The second kappa shape index (κ2) is 9.11. The molecule has 0 aliphatic heterocycles. The number of rotatable bonds is 6. The van der Waals surface area contributed by atoms with E-state index in [4.69, 9.17) is 0 Å². The van der Waals surface area contributed by atoms with E-state index in [2.05, 4.69) is 56.5 Å². The highest BCUT2D eigenvalue weighted by molar-refractivity contribution is 5.79. The first-order chi connectivity index (χ1) is 14.3. The summed E-state index contributed by atoms with van der Waals surface area (Å²) in [5.41, 5.74) is 5.49. The lowest BCUT2D eigenvalue weighted by molar-refractivity contribution is 0.473. The zero-order chi connectivity index (χ0) is 21.8. The minimum Gasteiger partial charge on any atom is -0.352 e. The Morgan fingerprint density at radius 3 is 2.57 bits per heavy atom. The lowest BCUT2D eigenvalue weighted by Crippen LogP contribution is -2.38. The molecule has 3 aromatic heterocycles. The highest BCUT2D eigenvalue weighted by Gasteiger charge is 2.15. The Balaban J connectivity index is 1.63. The van der Waals surface area contributed by atoms with Crippen molar-refractivity contribution in [1.82, 2.24) is 34.8 Å². The van der Waals surface area contributed by atoms with Crippen LogP contribution in [0.3, 0.4) is 0 Å². The van der Waals surface area contributed by atoms with Crippen LogP contribution in [0.1, 0.15) is 48.0 Å². The molecular formula is C22H32N8. The molecule has 0 unspecified atom stereocenters. The number of nitrogens with zero attached hydrogens (tertiary/aromatic N) is 7. The maximum absolute atomic E-state index is 4.60. The second-order valence-electron chi connectivity index (χ2n) is 7.99. The van der Waals surface area contributed by atoms with Crippen molar-refractivity contribution in [1.29, 1.82) is 0 Å². The first-order valence-electron chi connectivity index (χ1n) is 10.2. The first kappa shape index (κ1) is 21.5. The van der Waals surface area contributed by atoms with Crippen molar-refractivity contribution in [2.45, 2.75) is 46.7 Å². The number of hydrogen-bond donors (Lipinski definition) is 1. The van der Waals surface area contributed by atoms with E-state index >= 15 is 0 Å². The average molecular weight is 409 g/mol. The van der Waals surface area contributed by atoms with Crippen molar-refractivity contribution >= 4 is 5.96 Å². The van der Waals surface area contributed by atoms with Crippen LogP contribution in [0.4, 0.5) is 0 Å². The Morgan fingerprint density at radius 1 is 1.23 bits per heavy atom. The molecule has 0 bridgehead atoms. The fraction of sp³-hybridized carbons (Fsp3) is 0.455. The highest BCUT2D eigenvalue weighted by atomic mass is 15.3. The van der Waals surface area contributed by atoms with Gasteiger partial charge in [-0.1, -0.05) is 19.9 Å². The maximum atomic E-state index is 4.60. The summed E-state index contributed by atoms with van der Waals surface area (Å²) in [5, 5.41) is 12.5. The predicted octanol–water partition coefficient (Wildman–Crippen LogP) is 2.95. The number of nitrogens with one attached hydrogen (secondary N) is 1. The number of aryl methyl sites for hydroxylation is 3. The summed E-state index contributed by atoms with van der Waals surface area (Å²) >= 11 is 0. The summed E-state index contributed by atoms with van der Waals surface area (Å²) in [5.74, 6) is 2.04. The molecule has 30 heavy (non-hydrogen) atoms. The third kappa shape index (κ3) is 4.87. The van der Waals surface area contributed by atoms with Gasteiger partial charge in [-0.15, -0.1) is 0 Å². The lowest BCUT2D eigenvalue weighted by atomic mass is 10.1.